The van der Waals surface area contributed by atoms with E-state index < -0.39 is 0 Å². The van der Waals surface area contributed by atoms with Crippen LogP contribution in [-0.4, -0.2) is 17.1 Å². The van der Waals surface area contributed by atoms with E-state index in [0.29, 0.717) is 5.75 Å². The van der Waals surface area contributed by atoms with Gasteiger partial charge >= 0.3 is 0 Å². The van der Waals surface area contributed by atoms with Crippen LogP contribution in [0.15, 0.2) is 36.4 Å². The molecule has 0 saturated heterocycles. The normalized spacial score (nSPS) is 12.6. The predicted molar refractivity (Wildman–Crippen MR) is 64.6 cm³/mol. The molecule has 16 heavy (non-hydrogen) atoms. The third kappa shape index (κ3) is 2.08. The molecule has 4 heteroatoms. The number of aryl methyl sites for hydroxylation is 1. The summed E-state index contributed by atoms with van der Waals surface area (Å²) in [5.74, 6) is 1.53. The Morgan fingerprint density at radius 3 is 2.31 bits per heavy atom. The fourth-order valence-electron chi connectivity index (χ4n) is 1.68. The van der Waals surface area contributed by atoms with E-state index in [0.717, 1.165) is 22.2 Å². The molecule has 84 valence electrons. The maximum atomic E-state index is 7.45. The molecule has 1 unspecified atom stereocenters. The molecule has 4 nitrogen and oxygen atoms in total. The van der Waals surface area contributed by atoms with Crippen LogP contribution in [0.4, 0.5) is 11.5 Å². The van der Waals surface area contributed by atoms with Crippen LogP contribution in [0.5, 0.6) is 5.75 Å². The van der Waals surface area contributed by atoms with Crippen molar-refractivity contribution < 1.29 is 10.1 Å². The smallest absolute Gasteiger partial charge is 0.254 e. The average molecular weight is 218 g/mol. The lowest BCUT2D eigenvalue weighted by molar-refractivity contribution is -0.717. The zero-order chi connectivity index (χ0) is 11.5. The van der Waals surface area contributed by atoms with Gasteiger partial charge in [-0.1, -0.05) is 0 Å². The molecule has 2 rings (SSSR count). The van der Waals surface area contributed by atoms with Crippen LogP contribution in [0.3, 0.4) is 0 Å². The Morgan fingerprint density at radius 1 is 1.12 bits per heavy atom. The third-order valence-electron chi connectivity index (χ3n) is 2.47. The zero-order valence-electron chi connectivity index (χ0n) is 9.41. The highest BCUT2D eigenvalue weighted by atomic mass is 16.3. The van der Waals surface area contributed by atoms with Gasteiger partial charge in [0, 0.05) is 36.0 Å². The van der Waals surface area contributed by atoms with Crippen molar-refractivity contribution in [3.8, 4) is 5.75 Å². The second-order valence-corrected chi connectivity index (χ2v) is 3.70. The van der Waals surface area contributed by atoms with Crippen LogP contribution in [0.2, 0.25) is 0 Å². The predicted octanol–water partition coefficient (Wildman–Crippen LogP) is 1.53. The summed E-state index contributed by atoms with van der Waals surface area (Å²) in [6.07, 6.45) is 0. The van der Waals surface area contributed by atoms with Crippen LogP contribution >= 0.6 is 0 Å². The topological polar surface area (TPSA) is 57.2 Å². The lowest BCUT2D eigenvalue weighted by atomic mass is 10.3. The fraction of sp³-hybridized carbons (Fsp3) is 0.167. The number of H-pyrrole nitrogens is 1. The molecule has 0 saturated carbocycles. The van der Waals surface area contributed by atoms with Crippen LogP contribution in [-0.2, 0) is 0 Å². The third-order valence-corrected chi connectivity index (χ3v) is 2.47. The number of aromatic amines is 1. The number of aromatic nitrogens is 1. The van der Waals surface area contributed by atoms with Crippen molar-refractivity contribution in [1.29, 1.82) is 0 Å². The number of hydrogen-bond donors (Lipinski definition) is 2. The average Bonchev–Trinajstić information content (AvgIpc) is 2.69. The van der Waals surface area contributed by atoms with Crippen molar-refractivity contribution in [3.05, 3.63) is 47.5 Å². The minimum Gasteiger partial charge on any atom is -0.593 e. The Kier molecular flexibility index (Phi) is 2.94. The van der Waals surface area contributed by atoms with E-state index in [1.54, 1.807) is 19.2 Å². The van der Waals surface area contributed by atoms with Gasteiger partial charge in [0.15, 0.2) is 5.82 Å². The number of benzene rings is 1. The summed E-state index contributed by atoms with van der Waals surface area (Å²) in [5, 5.41) is 8.37. The molecule has 0 radical (unpaired) electrons. The Balaban J connectivity index is 2.32. The van der Waals surface area contributed by atoms with Gasteiger partial charge < -0.3 is 20.5 Å². The number of nitrogens with zero attached hydrogens (tertiary/aromatic N) is 1. The van der Waals surface area contributed by atoms with E-state index in [1.165, 1.54) is 0 Å². The van der Waals surface area contributed by atoms with Gasteiger partial charge in [0.2, 0.25) is 0 Å². The number of quaternary nitrogens is 1. The maximum absolute atomic E-state index is 7.45. The van der Waals surface area contributed by atoms with Crippen LogP contribution < -0.4 is 5.01 Å². The lowest BCUT2D eigenvalue weighted by Crippen LogP contribution is -2.97. The summed E-state index contributed by atoms with van der Waals surface area (Å²) >= 11 is 0. The monoisotopic (exact) mass is 218 g/mol. The Labute approximate surface area is 94.5 Å². The van der Waals surface area contributed by atoms with E-state index >= 15 is 0 Å². The Bertz CT molecular complexity index is 461. The molecule has 0 bridgehead atoms. The molecule has 2 aromatic rings. The molecule has 1 heterocycles. The number of rotatable bonds is 3. The van der Waals surface area contributed by atoms with Crippen molar-refractivity contribution >= 4 is 11.5 Å². The summed E-state index contributed by atoms with van der Waals surface area (Å²) in [7, 11) is 1.78. The molecule has 0 amide bonds. The van der Waals surface area contributed by atoms with Crippen molar-refractivity contribution in [3.63, 3.8) is 0 Å². The van der Waals surface area contributed by atoms with Gasteiger partial charge in [-0.05, 0) is 13.0 Å². The second kappa shape index (κ2) is 4.38. The standard InChI is InChI=1S/C12H15N3O/c1-9-3-8-12(14-9)15(13-2)10-4-6-11(16)7-5-10/h3-8,14-16H,1-2H3/p+1. The van der Waals surface area contributed by atoms with E-state index in [1.807, 2.05) is 31.2 Å². The van der Waals surface area contributed by atoms with Crippen molar-refractivity contribution in [2.24, 2.45) is 0 Å². The first-order valence-electron chi connectivity index (χ1n) is 5.15. The molecule has 0 aliphatic rings. The molecule has 0 aliphatic heterocycles. The molecule has 1 atom stereocenters. The van der Waals surface area contributed by atoms with Crippen molar-refractivity contribution in [2.75, 3.05) is 7.05 Å². The molecular weight excluding hydrogens is 202 g/mol. The highest BCUT2D eigenvalue weighted by molar-refractivity contribution is 5.39. The van der Waals surface area contributed by atoms with Gasteiger partial charge in [-0.15, -0.1) is 7.05 Å². The first-order chi connectivity index (χ1) is 7.70. The van der Waals surface area contributed by atoms with Gasteiger partial charge in [0.25, 0.3) is 5.75 Å². The molecule has 0 aliphatic carbocycles. The Morgan fingerprint density at radius 2 is 1.81 bits per heavy atom. The SMILES string of the molecule is C[N-][NH+](c1ccc([OH2+])cc1)c1ccc(C)[nH]1. The molecule has 1 aromatic carbocycles. The quantitative estimate of drug-likeness (QED) is 0.580. The summed E-state index contributed by atoms with van der Waals surface area (Å²) in [6, 6.07) is 11.4. The van der Waals surface area contributed by atoms with Crippen LogP contribution in [0, 0.1) is 6.92 Å². The highest BCUT2D eigenvalue weighted by Gasteiger charge is 2.09. The van der Waals surface area contributed by atoms with Gasteiger partial charge in [-0.3, -0.25) is 0 Å². The van der Waals surface area contributed by atoms with E-state index in [4.69, 9.17) is 5.11 Å². The van der Waals surface area contributed by atoms with Gasteiger partial charge in [0.1, 0.15) is 5.69 Å². The minimum absolute atomic E-state index is 0.516. The van der Waals surface area contributed by atoms with Crippen molar-refractivity contribution in [1.82, 2.24) is 4.98 Å². The Hall–Kier alpha value is -1.78. The molecule has 1 aromatic heterocycles. The minimum atomic E-state index is 0.516. The summed E-state index contributed by atoms with van der Waals surface area (Å²) in [4.78, 5) is 3.26. The molecule has 0 fully saturated rings. The second-order valence-electron chi connectivity index (χ2n) is 3.70. The number of hydrogen-bond acceptors (Lipinski definition) is 0. The molecular formula is C12H16N3O+. The van der Waals surface area contributed by atoms with Crippen LogP contribution in [0.25, 0.3) is 5.43 Å². The van der Waals surface area contributed by atoms with E-state index in [2.05, 4.69) is 10.4 Å². The summed E-state index contributed by atoms with van der Waals surface area (Å²) < 4.78 is 0. The van der Waals surface area contributed by atoms with Crippen LogP contribution in [0.1, 0.15) is 5.69 Å². The number of nitrogens with one attached hydrogen (secondary N) is 2. The molecule has 0 spiro atoms. The zero-order valence-corrected chi connectivity index (χ0v) is 9.41. The van der Waals surface area contributed by atoms with Gasteiger partial charge in [0.05, 0.1) is 0 Å². The highest BCUT2D eigenvalue weighted by Crippen LogP contribution is 2.13. The maximum Gasteiger partial charge on any atom is 0.254 e. The fourth-order valence-corrected chi connectivity index (χ4v) is 1.68. The van der Waals surface area contributed by atoms with Crippen molar-refractivity contribution in [2.45, 2.75) is 6.92 Å². The lowest BCUT2D eigenvalue weighted by Gasteiger charge is -2.25. The summed E-state index contributed by atoms with van der Waals surface area (Å²) in [5.41, 5.74) is 6.44. The first kappa shape index (κ1) is 10.7. The largest absolute Gasteiger partial charge is 0.593 e. The van der Waals surface area contributed by atoms with E-state index in [9.17, 15) is 0 Å². The molecule has 4 N–H and O–H groups in total. The van der Waals surface area contributed by atoms with Gasteiger partial charge in [-0.25, -0.2) is 0 Å². The van der Waals surface area contributed by atoms with Gasteiger partial charge in [-0.2, -0.15) is 0 Å². The van der Waals surface area contributed by atoms with E-state index in [-0.39, 0.29) is 0 Å². The summed E-state index contributed by atoms with van der Waals surface area (Å²) in [6.45, 7) is 2.02. The first-order valence-corrected chi connectivity index (χ1v) is 5.15.